The van der Waals surface area contributed by atoms with E-state index in [9.17, 15) is 19.1 Å². The Labute approximate surface area is 197 Å². The van der Waals surface area contributed by atoms with E-state index in [0.717, 1.165) is 18.4 Å². The highest BCUT2D eigenvalue weighted by atomic mass is 19.1. The molecule has 2 bridgehead atoms. The van der Waals surface area contributed by atoms with Gasteiger partial charge in [-0.05, 0) is 37.0 Å². The van der Waals surface area contributed by atoms with Gasteiger partial charge >= 0.3 is 0 Å². The van der Waals surface area contributed by atoms with Crippen LogP contribution in [0.4, 0.5) is 4.39 Å². The number of aryl methyl sites for hydroxylation is 1. The number of hydrogen-bond donors (Lipinski definition) is 1. The van der Waals surface area contributed by atoms with E-state index < -0.39 is 11.4 Å². The van der Waals surface area contributed by atoms with Crippen molar-refractivity contribution in [1.29, 1.82) is 0 Å². The highest BCUT2D eigenvalue weighted by Crippen LogP contribution is 2.46. The fraction of sp³-hybridized carbons (Fsp3) is 0.370. The van der Waals surface area contributed by atoms with Gasteiger partial charge in [0.25, 0.3) is 5.56 Å². The Hall–Kier alpha value is -3.32. The van der Waals surface area contributed by atoms with Gasteiger partial charge in [-0.25, -0.2) is 9.37 Å². The van der Waals surface area contributed by atoms with E-state index in [0.29, 0.717) is 25.9 Å². The highest BCUT2D eigenvalue weighted by Gasteiger charge is 2.53. The second kappa shape index (κ2) is 9.14. The molecule has 2 aromatic carbocycles. The van der Waals surface area contributed by atoms with E-state index in [-0.39, 0.29) is 41.1 Å². The topological polar surface area (TPSA) is 75.4 Å². The molecule has 1 amide bonds. The van der Waals surface area contributed by atoms with Gasteiger partial charge < -0.3 is 10.0 Å². The number of aromatic nitrogens is 2. The van der Waals surface area contributed by atoms with Crippen molar-refractivity contribution in [1.82, 2.24) is 14.5 Å². The SMILES string of the molecule is O=C(CCc1ccccc1)N1C[C@H]2CC[C@@H](C1)C2(O)Cn1cnc(-c2ccccc2F)cc1=O. The molecule has 2 fully saturated rings. The van der Waals surface area contributed by atoms with E-state index in [1.54, 1.807) is 18.2 Å². The van der Waals surface area contributed by atoms with E-state index >= 15 is 0 Å². The summed E-state index contributed by atoms with van der Waals surface area (Å²) in [5.41, 5.74) is 0.280. The maximum Gasteiger partial charge on any atom is 0.253 e. The third-order valence-corrected chi connectivity index (χ3v) is 7.44. The average Bonchev–Trinajstić information content (AvgIpc) is 3.01. The first kappa shape index (κ1) is 22.5. The first-order valence-corrected chi connectivity index (χ1v) is 11.8. The number of amides is 1. The molecule has 5 rings (SSSR count). The number of benzene rings is 2. The van der Waals surface area contributed by atoms with Crippen molar-refractivity contribution in [3.8, 4) is 11.3 Å². The molecule has 6 nitrogen and oxygen atoms in total. The molecular weight excluding hydrogens is 433 g/mol. The van der Waals surface area contributed by atoms with Crippen LogP contribution in [0.2, 0.25) is 0 Å². The van der Waals surface area contributed by atoms with Crippen LogP contribution in [-0.4, -0.2) is 44.2 Å². The van der Waals surface area contributed by atoms with Crippen molar-refractivity contribution < 1.29 is 14.3 Å². The summed E-state index contributed by atoms with van der Waals surface area (Å²) in [5, 5.41) is 11.6. The van der Waals surface area contributed by atoms with Crippen LogP contribution < -0.4 is 5.56 Å². The third kappa shape index (κ3) is 4.28. The number of fused-ring (bicyclic) bond motifs is 2. The molecule has 2 aliphatic rings. The van der Waals surface area contributed by atoms with Crippen molar-refractivity contribution in [3.63, 3.8) is 0 Å². The van der Waals surface area contributed by atoms with Crippen molar-refractivity contribution in [3.05, 3.63) is 88.7 Å². The Balaban J connectivity index is 1.27. The van der Waals surface area contributed by atoms with Gasteiger partial charge in [-0.15, -0.1) is 0 Å². The normalized spacial score (nSPS) is 23.8. The lowest BCUT2D eigenvalue weighted by Crippen LogP contribution is -2.57. The van der Waals surface area contributed by atoms with Gasteiger partial charge in [0, 0.05) is 43.0 Å². The molecule has 1 N–H and O–H groups in total. The minimum atomic E-state index is -1.07. The summed E-state index contributed by atoms with van der Waals surface area (Å²) in [5.74, 6) is -0.515. The number of piperidine rings is 1. The largest absolute Gasteiger partial charge is 0.387 e. The summed E-state index contributed by atoms with van der Waals surface area (Å²) >= 11 is 0. The van der Waals surface area contributed by atoms with Gasteiger partial charge in [0.15, 0.2) is 0 Å². The minimum Gasteiger partial charge on any atom is -0.387 e. The number of halogens is 1. The molecular formula is C27H28FN3O3. The predicted molar refractivity (Wildman–Crippen MR) is 126 cm³/mol. The Morgan fingerprint density at radius 2 is 1.74 bits per heavy atom. The highest BCUT2D eigenvalue weighted by molar-refractivity contribution is 5.76. The van der Waals surface area contributed by atoms with Gasteiger partial charge in [-0.2, -0.15) is 0 Å². The van der Waals surface area contributed by atoms with E-state index in [4.69, 9.17) is 0 Å². The molecule has 3 aromatic rings. The van der Waals surface area contributed by atoms with Gasteiger partial charge in [0.1, 0.15) is 5.82 Å². The number of carbonyl (C=O) groups excluding carboxylic acids is 1. The number of rotatable bonds is 6. The molecule has 0 spiro atoms. The van der Waals surface area contributed by atoms with E-state index in [2.05, 4.69) is 4.98 Å². The lowest BCUT2D eigenvalue weighted by atomic mass is 9.80. The molecule has 176 valence electrons. The van der Waals surface area contributed by atoms with Crippen molar-refractivity contribution in [2.75, 3.05) is 13.1 Å². The van der Waals surface area contributed by atoms with Crippen LogP contribution in [0.1, 0.15) is 24.8 Å². The third-order valence-electron chi connectivity index (χ3n) is 7.44. The first-order valence-electron chi connectivity index (χ1n) is 11.8. The average molecular weight is 462 g/mol. The summed E-state index contributed by atoms with van der Waals surface area (Å²) in [6.45, 7) is 1.12. The first-order chi connectivity index (χ1) is 16.4. The zero-order valence-electron chi connectivity index (χ0n) is 18.9. The zero-order chi connectivity index (χ0) is 23.7. The van der Waals surface area contributed by atoms with Crippen molar-refractivity contribution in [2.45, 2.75) is 37.8 Å². The number of aliphatic hydroxyl groups is 1. The van der Waals surface area contributed by atoms with Gasteiger partial charge in [-0.1, -0.05) is 42.5 Å². The molecule has 1 unspecified atom stereocenters. The summed E-state index contributed by atoms with van der Waals surface area (Å²) in [7, 11) is 0. The number of nitrogens with zero attached hydrogens (tertiary/aromatic N) is 3. The Morgan fingerprint density at radius 1 is 1.06 bits per heavy atom. The molecule has 7 heteroatoms. The van der Waals surface area contributed by atoms with Gasteiger partial charge in [-0.3, -0.25) is 14.2 Å². The maximum atomic E-state index is 14.1. The summed E-state index contributed by atoms with van der Waals surface area (Å²) in [4.78, 5) is 31.8. The molecule has 1 aromatic heterocycles. The van der Waals surface area contributed by atoms with Crippen LogP contribution >= 0.6 is 0 Å². The second-order valence-corrected chi connectivity index (χ2v) is 9.47. The fourth-order valence-electron chi connectivity index (χ4n) is 5.49. The van der Waals surface area contributed by atoms with E-state index in [1.807, 2.05) is 35.2 Å². The number of carbonyl (C=O) groups is 1. The smallest absolute Gasteiger partial charge is 0.253 e. The molecule has 1 saturated heterocycles. The molecule has 2 heterocycles. The molecule has 34 heavy (non-hydrogen) atoms. The van der Waals surface area contributed by atoms with Gasteiger partial charge in [0.2, 0.25) is 5.91 Å². The quantitative estimate of drug-likeness (QED) is 0.611. The zero-order valence-corrected chi connectivity index (χ0v) is 18.9. The van der Waals surface area contributed by atoms with Crippen LogP contribution in [0.5, 0.6) is 0 Å². The molecule has 1 saturated carbocycles. The summed E-state index contributed by atoms with van der Waals surface area (Å²) in [6, 6.07) is 17.5. The van der Waals surface area contributed by atoms with E-state index in [1.165, 1.54) is 23.0 Å². The fourth-order valence-corrected chi connectivity index (χ4v) is 5.49. The number of likely N-dealkylation sites (tertiary alicyclic amines) is 1. The molecule has 1 aliphatic heterocycles. The second-order valence-electron chi connectivity index (χ2n) is 9.47. The van der Waals surface area contributed by atoms with Crippen LogP contribution in [0.15, 0.2) is 71.8 Å². The monoisotopic (exact) mass is 461 g/mol. The summed E-state index contributed by atoms with van der Waals surface area (Å²) < 4.78 is 15.5. The lowest BCUT2D eigenvalue weighted by Gasteiger charge is -2.44. The molecule has 1 aliphatic carbocycles. The maximum absolute atomic E-state index is 14.1. The molecule has 0 radical (unpaired) electrons. The molecule has 3 atom stereocenters. The van der Waals surface area contributed by atoms with Crippen LogP contribution in [-0.2, 0) is 17.8 Å². The lowest BCUT2D eigenvalue weighted by molar-refractivity contribution is -0.143. The Morgan fingerprint density at radius 3 is 2.41 bits per heavy atom. The van der Waals surface area contributed by atoms with Crippen molar-refractivity contribution >= 4 is 5.91 Å². The number of hydrogen-bond acceptors (Lipinski definition) is 4. The standard InChI is InChI=1S/C27H28FN3O3/c28-23-9-5-4-8-22(23)24-14-26(33)31(18-29-24)17-27(34)20-11-12-21(27)16-30(15-20)25(32)13-10-19-6-2-1-3-7-19/h1-9,14,18,20-21,34H,10-13,15-17H2/t20-,21+,27?. The van der Waals surface area contributed by atoms with Crippen molar-refractivity contribution in [2.24, 2.45) is 11.8 Å². The van der Waals surface area contributed by atoms with Gasteiger partial charge in [0.05, 0.1) is 24.2 Å². The van der Waals surface area contributed by atoms with Crippen LogP contribution in [0, 0.1) is 17.7 Å². The van der Waals surface area contributed by atoms with Crippen LogP contribution in [0.3, 0.4) is 0 Å². The summed E-state index contributed by atoms with van der Waals surface area (Å²) in [6.07, 6.45) is 4.17. The Kier molecular flexibility index (Phi) is 6.04. The van der Waals surface area contributed by atoms with Crippen LogP contribution in [0.25, 0.3) is 11.3 Å². The predicted octanol–water partition coefficient (Wildman–Crippen LogP) is 3.28. The minimum absolute atomic E-state index is 0.0925. The Bertz CT molecular complexity index is 1230.